The molecular formula is C34H30. The molecule has 0 amide bonds. The Morgan fingerprint density at radius 3 is 1.24 bits per heavy atom. The third-order valence-electron chi connectivity index (χ3n) is 6.77. The summed E-state index contributed by atoms with van der Waals surface area (Å²) in [5, 5.41) is 0. The summed E-state index contributed by atoms with van der Waals surface area (Å²) in [5.74, 6) is 0. The van der Waals surface area contributed by atoms with E-state index in [1.54, 1.807) is 0 Å². The van der Waals surface area contributed by atoms with Crippen molar-refractivity contribution in [3.05, 3.63) is 131 Å². The van der Waals surface area contributed by atoms with Crippen LogP contribution >= 0.6 is 0 Å². The summed E-state index contributed by atoms with van der Waals surface area (Å²) in [6.45, 7) is 8.77. The molecule has 5 rings (SSSR count). The van der Waals surface area contributed by atoms with Gasteiger partial charge in [0.15, 0.2) is 0 Å². The van der Waals surface area contributed by atoms with E-state index in [-0.39, 0.29) is 0 Å². The van der Waals surface area contributed by atoms with Gasteiger partial charge in [0.1, 0.15) is 0 Å². The Bertz CT molecular complexity index is 1440. The van der Waals surface area contributed by atoms with Gasteiger partial charge in [0, 0.05) is 0 Å². The Labute approximate surface area is 203 Å². The molecule has 0 aromatic heterocycles. The summed E-state index contributed by atoms with van der Waals surface area (Å²) in [6, 6.07) is 39.8. The zero-order valence-electron chi connectivity index (χ0n) is 20.4. The molecule has 0 N–H and O–H groups in total. The van der Waals surface area contributed by atoms with Gasteiger partial charge in [0.2, 0.25) is 0 Å². The van der Waals surface area contributed by atoms with Gasteiger partial charge in [-0.15, -0.1) is 0 Å². The quantitative estimate of drug-likeness (QED) is 0.262. The highest BCUT2D eigenvalue weighted by molar-refractivity contribution is 5.79. The summed E-state index contributed by atoms with van der Waals surface area (Å²) in [6.07, 6.45) is 0. The fourth-order valence-electron chi connectivity index (χ4n) is 4.79. The third kappa shape index (κ3) is 4.32. The first-order valence-electron chi connectivity index (χ1n) is 11.9. The molecular weight excluding hydrogens is 408 g/mol. The lowest BCUT2D eigenvalue weighted by Crippen LogP contribution is -1.91. The molecule has 0 spiro atoms. The Kier molecular flexibility index (Phi) is 5.90. The lowest BCUT2D eigenvalue weighted by molar-refractivity contribution is 1.38. The van der Waals surface area contributed by atoms with E-state index in [2.05, 4.69) is 137 Å². The molecule has 0 heteroatoms. The molecule has 0 unspecified atom stereocenters. The second-order valence-electron chi connectivity index (χ2n) is 9.32. The Morgan fingerprint density at radius 1 is 0.324 bits per heavy atom. The highest BCUT2D eigenvalue weighted by Gasteiger charge is 2.10. The number of hydrogen-bond donors (Lipinski definition) is 0. The topological polar surface area (TPSA) is 0 Å². The first-order valence-corrected chi connectivity index (χ1v) is 11.9. The van der Waals surface area contributed by atoms with Crippen LogP contribution in [0.4, 0.5) is 0 Å². The van der Waals surface area contributed by atoms with Gasteiger partial charge in [-0.25, -0.2) is 0 Å². The lowest BCUT2D eigenvalue weighted by Gasteiger charge is -2.14. The summed E-state index contributed by atoms with van der Waals surface area (Å²) < 4.78 is 0. The van der Waals surface area contributed by atoms with Crippen LogP contribution in [0.15, 0.2) is 109 Å². The molecule has 0 aliphatic heterocycles. The number of rotatable bonds is 4. The number of aryl methyl sites for hydroxylation is 4. The van der Waals surface area contributed by atoms with E-state index < -0.39 is 0 Å². The fraction of sp³-hybridized carbons (Fsp3) is 0.118. The van der Waals surface area contributed by atoms with Gasteiger partial charge in [-0.1, -0.05) is 115 Å². The van der Waals surface area contributed by atoms with Gasteiger partial charge in [-0.2, -0.15) is 0 Å². The van der Waals surface area contributed by atoms with Crippen LogP contribution in [0.5, 0.6) is 0 Å². The molecule has 0 radical (unpaired) electrons. The highest BCUT2D eigenvalue weighted by atomic mass is 14.1. The lowest BCUT2D eigenvalue weighted by atomic mass is 9.90. The standard InChI is InChI=1S/C34H30/c1-23-10-11-24(2)32(20-23)29-16-18-31(19-17-29)34-22-25(3)33(21-26(34)4)30-14-12-28(13-15-30)27-8-6-5-7-9-27/h5-22H,1-4H3. The van der Waals surface area contributed by atoms with Crippen LogP contribution in [0.3, 0.4) is 0 Å². The maximum Gasteiger partial charge on any atom is -0.0152 e. The molecule has 0 aliphatic carbocycles. The maximum atomic E-state index is 2.34. The third-order valence-corrected chi connectivity index (χ3v) is 6.77. The van der Waals surface area contributed by atoms with Crippen molar-refractivity contribution >= 4 is 0 Å². The first-order chi connectivity index (χ1) is 16.5. The van der Waals surface area contributed by atoms with E-state index in [0.717, 1.165) is 0 Å². The van der Waals surface area contributed by atoms with E-state index in [4.69, 9.17) is 0 Å². The maximum absolute atomic E-state index is 2.34. The van der Waals surface area contributed by atoms with Crippen LogP contribution in [0.1, 0.15) is 22.3 Å². The van der Waals surface area contributed by atoms with E-state index in [9.17, 15) is 0 Å². The number of hydrogen-bond acceptors (Lipinski definition) is 0. The monoisotopic (exact) mass is 438 g/mol. The molecule has 5 aromatic carbocycles. The summed E-state index contributed by atoms with van der Waals surface area (Å²) in [7, 11) is 0. The van der Waals surface area contributed by atoms with Crippen LogP contribution in [0.2, 0.25) is 0 Å². The zero-order chi connectivity index (χ0) is 23.7. The fourth-order valence-corrected chi connectivity index (χ4v) is 4.79. The average molecular weight is 439 g/mol. The van der Waals surface area contributed by atoms with Crippen molar-refractivity contribution in [2.45, 2.75) is 27.7 Å². The molecule has 166 valence electrons. The van der Waals surface area contributed by atoms with Gasteiger partial charge in [-0.05, 0) is 88.9 Å². The van der Waals surface area contributed by atoms with Crippen molar-refractivity contribution in [1.29, 1.82) is 0 Å². The molecule has 0 heterocycles. The smallest absolute Gasteiger partial charge is 0.0152 e. The number of benzene rings is 5. The van der Waals surface area contributed by atoms with Gasteiger partial charge >= 0.3 is 0 Å². The Balaban J connectivity index is 1.45. The Hall–Kier alpha value is -3.90. The van der Waals surface area contributed by atoms with Gasteiger partial charge in [-0.3, -0.25) is 0 Å². The predicted molar refractivity (Wildman–Crippen MR) is 147 cm³/mol. The van der Waals surface area contributed by atoms with Crippen LogP contribution in [-0.4, -0.2) is 0 Å². The normalized spacial score (nSPS) is 10.9. The zero-order valence-corrected chi connectivity index (χ0v) is 20.4. The minimum absolute atomic E-state index is 1.25. The van der Waals surface area contributed by atoms with E-state index in [1.807, 2.05) is 0 Å². The molecule has 5 aromatic rings. The van der Waals surface area contributed by atoms with E-state index >= 15 is 0 Å². The van der Waals surface area contributed by atoms with Gasteiger partial charge < -0.3 is 0 Å². The Morgan fingerprint density at radius 2 is 0.735 bits per heavy atom. The molecule has 0 saturated heterocycles. The summed E-state index contributed by atoms with van der Waals surface area (Å²) in [5.41, 5.74) is 15.4. The van der Waals surface area contributed by atoms with E-state index in [0.29, 0.717) is 0 Å². The molecule has 0 atom stereocenters. The van der Waals surface area contributed by atoms with Crippen molar-refractivity contribution in [1.82, 2.24) is 0 Å². The van der Waals surface area contributed by atoms with Crippen LogP contribution in [-0.2, 0) is 0 Å². The van der Waals surface area contributed by atoms with Gasteiger partial charge in [0.05, 0.1) is 0 Å². The average Bonchev–Trinajstić information content (AvgIpc) is 2.87. The minimum atomic E-state index is 1.25. The molecule has 0 aliphatic rings. The molecule has 0 saturated carbocycles. The van der Waals surface area contributed by atoms with E-state index in [1.165, 1.54) is 66.8 Å². The molecule has 0 nitrogen and oxygen atoms in total. The summed E-state index contributed by atoms with van der Waals surface area (Å²) in [4.78, 5) is 0. The first kappa shape index (κ1) is 21.9. The highest BCUT2D eigenvalue weighted by Crippen LogP contribution is 2.34. The van der Waals surface area contributed by atoms with Gasteiger partial charge in [0.25, 0.3) is 0 Å². The SMILES string of the molecule is Cc1ccc(C)c(-c2ccc(-c3cc(C)c(-c4ccc(-c5ccccc5)cc4)cc3C)cc2)c1. The van der Waals surface area contributed by atoms with Crippen LogP contribution in [0, 0.1) is 27.7 Å². The van der Waals surface area contributed by atoms with Crippen molar-refractivity contribution in [3.8, 4) is 44.5 Å². The molecule has 0 fully saturated rings. The second-order valence-corrected chi connectivity index (χ2v) is 9.32. The molecule has 34 heavy (non-hydrogen) atoms. The molecule has 0 bridgehead atoms. The minimum Gasteiger partial charge on any atom is -0.0622 e. The van der Waals surface area contributed by atoms with Crippen molar-refractivity contribution in [2.24, 2.45) is 0 Å². The van der Waals surface area contributed by atoms with Crippen LogP contribution in [0.25, 0.3) is 44.5 Å². The largest absolute Gasteiger partial charge is 0.0622 e. The second kappa shape index (κ2) is 9.15. The van der Waals surface area contributed by atoms with Crippen LogP contribution < -0.4 is 0 Å². The van der Waals surface area contributed by atoms with Crippen molar-refractivity contribution in [2.75, 3.05) is 0 Å². The van der Waals surface area contributed by atoms with Crippen molar-refractivity contribution < 1.29 is 0 Å². The summed E-state index contributed by atoms with van der Waals surface area (Å²) >= 11 is 0. The predicted octanol–water partition coefficient (Wildman–Crippen LogP) is 9.59. The van der Waals surface area contributed by atoms with Crippen molar-refractivity contribution in [3.63, 3.8) is 0 Å².